The van der Waals surface area contributed by atoms with Gasteiger partial charge in [-0.1, -0.05) is 50.5 Å². The minimum atomic E-state index is 0.246. The average Bonchev–Trinajstić information content (AvgIpc) is 2.64. The summed E-state index contributed by atoms with van der Waals surface area (Å²) < 4.78 is 1.88. The van der Waals surface area contributed by atoms with Gasteiger partial charge in [-0.15, -0.1) is 5.10 Å². The van der Waals surface area contributed by atoms with Crippen LogP contribution in [0.4, 0.5) is 0 Å². The second-order valence-electron chi connectivity index (χ2n) is 4.45. The van der Waals surface area contributed by atoms with Crippen molar-refractivity contribution in [3.8, 4) is 0 Å². The monoisotopic (exact) mass is 293 g/mol. The van der Waals surface area contributed by atoms with Crippen LogP contribution in [0.1, 0.15) is 34.1 Å². The van der Waals surface area contributed by atoms with Crippen molar-refractivity contribution >= 4 is 15.9 Å². The summed E-state index contributed by atoms with van der Waals surface area (Å²) in [5.74, 6) is 0. The molecule has 0 radical (unpaired) electrons. The van der Waals surface area contributed by atoms with E-state index in [0.29, 0.717) is 0 Å². The zero-order chi connectivity index (χ0) is 12.4. The Hall–Kier alpha value is -1.16. The molecule has 0 N–H and O–H groups in total. The first-order valence-electron chi connectivity index (χ1n) is 5.66. The van der Waals surface area contributed by atoms with E-state index in [1.807, 2.05) is 17.8 Å². The fraction of sp³-hybridized carbons (Fsp3) is 0.385. The first-order chi connectivity index (χ1) is 8.04. The van der Waals surface area contributed by atoms with E-state index in [1.165, 1.54) is 16.7 Å². The number of alkyl halides is 1. The Morgan fingerprint density at radius 1 is 1.24 bits per heavy atom. The molecule has 3 nitrogen and oxygen atoms in total. The molecule has 1 unspecified atom stereocenters. The lowest BCUT2D eigenvalue weighted by Crippen LogP contribution is -2.01. The fourth-order valence-corrected chi connectivity index (χ4v) is 2.13. The largest absolute Gasteiger partial charge is 0.248 e. The molecule has 1 aromatic carbocycles. The quantitative estimate of drug-likeness (QED) is 0.812. The number of rotatable bonds is 3. The van der Waals surface area contributed by atoms with Gasteiger partial charge in [-0.05, 0) is 26.3 Å². The summed E-state index contributed by atoms with van der Waals surface area (Å²) in [5, 5.41) is 8.25. The molecule has 1 aromatic heterocycles. The number of aryl methyl sites for hydroxylation is 2. The summed E-state index contributed by atoms with van der Waals surface area (Å²) >= 11 is 3.49. The van der Waals surface area contributed by atoms with Crippen molar-refractivity contribution in [3.05, 3.63) is 46.8 Å². The molecule has 0 saturated carbocycles. The maximum absolute atomic E-state index is 4.13. The Bertz CT molecular complexity index is 497. The molecule has 4 heteroatoms. The highest BCUT2D eigenvalue weighted by Gasteiger charge is 2.06. The van der Waals surface area contributed by atoms with Crippen molar-refractivity contribution in [2.45, 2.75) is 32.1 Å². The SMILES string of the molecule is Cc1cc(C)cc(Cn2cc(C(C)Br)nn2)c1. The fourth-order valence-electron chi connectivity index (χ4n) is 1.92. The van der Waals surface area contributed by atoms with Gasteiger partial charge in [-0.3, -0.25) is 0 Å². The summed E-state index contributed by atoms with van der Waals surface area (Å²) in [6.07, 6.45) is 1.98. The van der Waals surface area contributed by atoms with Crippen LogP contribution in [-0.2, 0) is 6.54 Å². The molecule has 0 aliphatic heterocycles. The Morgan fingerprint density at radius 3 is 2.41 bits per heavy atom. The minimum Gasteiger partial charge on any atom is -0.248 e. The molecule has 0 aliphatic carbocycles. The number of nitrogens with zero attached hydrogens (tertiary/aromatic N) is 3. The van der Waals surface area contributed by atoms with E-state index in [1.54, 1.807) is 0 Å². The third-order valence-electron chi connectivity index (χ3n) is 2.59. The maximum atomic E-state index is 4.13. The molecule has 2 rings (SSSR count). The number of hydrogen-bond acceptors (Lipinski definition) is 2. The zero-order valence-corrected chi connectivity index (χ0v) is 11.9. The van der Waals surface area contributed by atoms with Gasteiger partial charge in [0.1, 0.15) is 0 Å². The van der Waals surface area contributed by atoms with Crippen molar-refractivity contribution < 1.29 is 0 Å². The standard InChI is InChI=1S/C13H16BrN3/c1-9-4-10(2)6-12(5-9)7-17-8-13(11(3)14)15-16-17/h4-6,8,11H,7H2,1-3H3. The van der Waals surface area contributed by atoms with E-state index in [2.05, 4.69) is 58.3 Å². The third-order valence-corrected chi connectivity index (χ3v) is 3.06. The number of hydrogen-bond donors (Lipinski definition) is 0. The van der Waals surface area contributed by atoms with E-state index < -0.39 is 0 Å². The van der Waals surface area contributed by atoms with Gasteiger partial charge in [0.15, 0.2) is 0 Å². The van der Waals surface area contributed by atoms with Crippen molar-refractivity contribution in [1.82, 2.24) is 15.0 Å². The number of halogens is 1. The van der Waals surface area contributed by atoms with E-state index in [-0.39, 0.29) is 4.83 Å². The minimum absolute atomic E-state index is 0.246. The van der Waals surface area contributed by atoms with Crippen LogP contribution in [0, 0.1) is 13.8 Å². The summed E-state index contributed by atoms with van der Waals surface area (Å²) in [7, 11) is 0. The van der Waals surface area contributed by atoms with Crippen LogP contribution in [0.25, 0.3) is 0 Å². The molecule has 0 amide bonds. The van der Waals surface area contributed by atoms with Crippen LogP contribution in [0.3, 0.4) is 0 Å². The molecule has 0 fully saturated rings. The van der Waals surface area contributed by atoms with E-state index >= 15 is 0 Å². The van der Waals surface area contributed by atoms with Crippen LogP contribution in [-0.4, -0.2) is 15.0 Å². The highest BCUT2D eigenvalue weighted by Crippen LogP contribution is 2.18. The zero-order valence-electron chi connectivity index (χ0n) is 10.3. The van der Waals surface area contributed by atoms with Gasteiger partial charge in [0.25, 0.3) is 0 Å². The van der Waals surface area contributed by atoms with Gasteiger partial charge in [0.2, 0.25) is 0 Å². The van der Waals surface area contributed by atoms with Gasteiger partial charge in [-0.2, -0.15) is 0 Å². The Kier molecular flexibility index (Phi) is 3.62. The Balaban J connectivity index is 2.19. The van der Waals surface area contributed by atoms with Crippen LogP contribution in [0.15, 0.2) is 24.4 Å². The predicted octanol–water partition coefficient (Wildman–Crippen LogP) is 3.40. The molecule has 0 spiro atoms. The molecule has 0 saturated heterocycles. The van der Waals surface area contributed by atoms with Gasteiger partial charge < -0.3 is 0 Å². The molecule has 1 atom stereocenters. The van der Waals surface area contributed by atoms with E-state index in [4.69, 9.17) is 0 Å². The average molecular weight is 294 g/mol. The smallest absolute Gasteiger partial charge is 0.0960 e. The van der Waals surface area contributed by atoms with Crippen molar-refractivity contribution in [2.24, 2.45) is 0 Å². The van der Waals surface area contributed by atoms with Crippen molar-refractivity contribution in [1.29, 1.82) is 0 Å². The van der Waals surface area contributed by atoms with Gasteiger partial charge in [0.05, 0.1) is 17.1 Å². The second-order valence-corrected chi connectivity index (χ2v) is 5.83. The van der Waals surface area contributed by atoms with Crippen molar-refractivity contribution in [3.63, 3.8) is 0 Å². The molecule has 90 valence electrons. The number of aromatic nitrogens is 3. The molecule has 2 aromatic rings. The van der Waals surface area contributed by atoms with Crippen LogP contribution >= 0.6 is 15.9 Å². The van der Waals surface area contributed by atoms with Crippen molar-refractivity contribution in [2.75, 3.05) is 0 Å². The highest BCUT2D eigenvalue weighted by atomic mass is 79.9. The van der Waals surface area contributed by atoms with Crippen LogP contribution < -0.4 is 0 Å². The summed E-state index contributed by atoms with van der Waals surface area (Å²) in [6, 6.07) is 6.55. The molecular weight excluding hydrogens is 278 g/mol. The molecular formula is C13H16BrN3. The summed E-state index contributed by atoms with van der Waals surface area (Å²) in [5.41, 5.74) is 4.80. The molecule has 0 aliphatic rings. The Morgan fingerprint density at radius 2 is 1.88 bits per heavy atom. The predicted molar refractivity (Wildman–Crippen MR) is 72.4 cm³/mol. The van der Waals surface area contributed by atoms with Gasteiger partial charge in [0, 0.05) is 6.20 Å². The first-order valence-corrected chi connectivity index (χ1v) is 6.57. The highest BCUT2D eigenvalue weighted by molar-refractivity contribution is 9.09. The summed E-state index contributed by atoms with van der Waals surface area (Å²) in [6.45, 7) is 7.05. The van der Waals surface area contributed by atoms with E-state index in [9.17, 15) is 0 Å². The number of benzene rings is 1. The lowest BCUT2D eigenvalue weighted by atomic mass is 10.1. The normalized spacial score (nSPS) is 12.7. The third kappa shape index (κ3) is 3.16. The van der Waals surface area contributed by atoms with Gasteiger partial charge in [-0.25, -0.2) is 4.68 Å². The molecule has 17 heavy (non-hydrogen) atoms. The topological polar surface area (TPSA) is 30.7 Å². The molecule has 0 bridgehead atoms. The maximum Gasteiger partial charge on any atom is 0.0960 e. The van der Waals surface area contributed by atoms with E-state index in [0.717, 1.165) is 12.2 Å². The summed E-state index contributed by atoms with van der Waals surface area (Å²) in [4.78, 5) is 0.246. The first kappa shape index (κ1) is 12.3. The second kappa shape index (κ2) is 5.00. The van der Waals surface area contributed by atoms with Crippen LogP contribution in [0.2, 0.25) is 0 Å². The lowest BCUT2D eigenvalue weighted by molar-refractivity contribution is 0.648. The van der Waals surface area contributed by atoms with Gasteiger partial charge >= 0.3 is 0 Å². The Labute approximate surface area is 110 Å². The lowest BCUT2D eigenvalue weighted by Gasteiger charge is -2.04. The van der Waals surface area contributed by atoms with Crippen LogP contribution in [0.5, 0.6) is 0 Å². The molecule has 1 heterocycles.